The molecule has 1 fully saturated rings. The van der Waals surface area contributed by atoms with Gasteiger partial charge in [-0.3, -0.25) is 14.4 Å². The monoisotopic (exact) mass is 459 g/mol. The third kappa shape index (κ3) is 6.25. The van der Waals surface area contributed by atoms with Gasteiger partial charge in [-0.25, -0.2) is 0 Å². The highest BCUT2D eigenvalue weighted by Crippen LogP contribution is 2.42. The normalized spacial score (nSPS) is 28.1. The zero-order valence-corrected chi connectivity index (χ0v) is 16.3. The third-order valence-electron chi connectivity index (χ3n) is 4.66. The lowest BCUT2D eigenvalue weighted by molar-refractivity contribution is -0.325. The van der Waals surface area contributed by atoms with Crippen molar-refractivity contribution < 1.29 is 58.5 Å². The van der Waals surface area contributed by atoms with Crippen LogP contribution in [0.25, 0.3) is 0 Å². The number of alkyl halides is 2. The van der Waals surface area contributed by atoms with Crippen LogP contribution in [-0.4, -0.2) is 110 Å². The third-order valence-corrected chi connectivity index (χ3v) is 4.66. The van der Waals surface area contributed by atoms with Crippen LogP contribution in [0.4, 0.5) is 8.78 Å². The number of hydrogen-bond acceptors (Lipinski definition) is 10. The summed E-state index contributed by atoms with van der Waals surface area (Å²) in [4.78, 5) is 33.7. The van der Waals surface area contributed by atoms with E-state index < -0.39 is 73.1 Å². The molecule has 15 heteroatoms. The van der Waals surface area contributed by atoms with E-state index in [1.165, 1.54) is 0 Å². The smallest absolute Gasteiger partial charge is 0.379 e. The fourth-order valence-electron chi connectivity index (χ4n) is 2.82. The number of rotatable bonds is 12. The predicted octanol–water partition coefficient (Wildman–Crippen LogP) is -4.40. The minimum atomic E-state index is -4.75. The molecule has 10 N–H and O–H groups in total. The number of carboxylic acids is 1. The number of carbonyl (C=O) groups excluding carboxylic acids is 2. The number of aliphatic carboxylic acids is 1. The SMILES string of the molecule is N[C@@H](CCCCNC(=O)C(F)(F)[C@]1(O)O[C@@H]([C@@H](O)CO)C(O)C1O)C(=O)NCC(=O)O. The molecule has 0 spiro atoms. The molecule has 2 unspecified atom stereocenters. The Bertz CT molecular complexity index is 655. The van der Waals surface area contributed by atoms with E-state index >= 15 is 0 Å². The number of amides is 2. The zero-order valence-electron chi connectivity index (χ0n) is 16.3. The molecule has 1 rings (SSSR count). The summed E-state index contributed by atoms with van der Waals surface area (Å²) in [7, 11) is 0. The molecule has 0 aromatic heterocycles. The van der Waals surface area contributed by atoms with Crippen LogP contribution >= 0.6 is 0 Å². The molecular weight excluding hydrogens is 432 g/mol. The maximum absolute atomic E-state index is 14.4. The first-order valence-electron chi connectivity index (χ1n) is 9.26. The molecule has 0 aromatic carbocycles. The molecule has 0 aliphatic carbocycles. The van der Waals surface area contributed by atoms with Gasteiger partial charge in [-0.2, -0.15) is 8.78 Å². The number of ether oxygens (including phenoxy) is 1. The van der Waals surface area contributed by atoms with Gasteiger partial charge in [0.15, 0.2) is 0 Å². The van der Waals surface area contributed by atoms with E-state index in [0.717, 1.165) is 0 Å². The minimum Gasteiger partial charge on any atom is -0.480 e. The van der Waals surface area contributed by atoms with Crippen LogP contribution in [0, 0.1) is 0 Å². The summed E-state index contributed by atoms with van der Waals surface area (Å²) in [6, 6.07) is -1.05. The molecule has 0 bridgehead atoms. The molecule has 1 saturated heterocycles. The molecule has 2 amide bonds. The lowest BCUT2D eigenvalue weighted by Crippen LogP contribution is -2.63. The van der Waals surface area contributed by atoms with Crippen molar-refractivity contribution in [2.24, 2.45) is 5.73 Å². The van der Waals surface area contributed by atoms with E-state index in [0.29, 0.717) is 0 Å². The molecule has 0 saturated carbocycles. The topological polar surface area (TPSA) is 232 Å². The number of unbranched alkanes of at least 4 members (excludes halogenated alkanes) is 1. The van der Waals surface area contributed by atoms with Gasteiger partial charge in [-0.15, -0.1) is 0 Å². The average Bonchev–Trinajstić information content (AvgIpc) is 2.96. The molecule has 180 valence electrons. The number of hydrogen-bond donors (Lipinski definition) is 9. The molecule has 0 radical (unpaired) electrons. The van der Waals surface area contributed by atoms with Crippen molar-refractivity contribution in [1.82, 2.24) is 10.6 Å². The first kappa shape index (κ1) is 27.0. The lowest BCUT2D eigenvalue weighted by Gasteiger charge is -2.33. The molecule has 0 aromatic rings. The number of carboxylic acid groups (broad SMARTS) is 1. The second-order valence-electron chi connectivity index (χ2n) is 7.01. The Hall–Kier alpha value is -2.01. The summed E-state index contributed by atoms with van der Waals surface area (Å²) < 4.78 is 33.4. The Labute approximate surface area is 174 Å². The van der Waals surface area contributed by atoms with E-state index in [2.05, 4.69) is 10.1 Å². The highest BCUT2D eigenvalue weighted by molar-refractivity contribution is 5.85. The van der Waals surface area contributed by atoms with Crippen LogP contribution in [0.1, 0.15) is 19.3 Å². The maximum Gasteiger partial charge on any atom is 0.379 e. The molecule has 31 heavy (non-hydrogen) atoms. The van der Waals surface area contributed by atoms with Crippen molar-refractivity contribution in [3.05, 3.63) is 0 Å². The Balaban J connectivity index is 2.54. The van der Waals surface area contributed by atoms with E-state index in [4.69, 9.17) is 15.9 Å². The number of nitrogens with two attached hydrogens (primary N) is 1. The Morgan fingerprint density at radius 1 is 1.19 bits per heavy atom. The van der Waals surface area contributed by atoms with Crippen molar-refractivity contribution in [2.45, 2.75) is 61.4 Å². The van der Waals surface area contributed by atoms with Crippen molar-refractivity contribution in [1.29, 1.82) is 0 Å². The van der Waals surface area contributed by atoms with Gasteiger partial charge in [0.05, 0.1) is 12.6 Å². The first-order chi connectivity index (χ1) is 14.3. The highest BCUT2D eigenvalue weighted by atomic mass is 19.3. The Morgan fingerprint density at radius 3 is 2.35 bits per heavy atom. The lowest BCUT2D eigenvalue weighted by atomic mass is 9.97. The van der Waals surface area contributed by atoms with Crippen LogP contribution in [0.15, 0.2) is 0 Å². The quantitative estimate of drug-likeness (QED) is 0.126. The van der Waals surface area contributed by atoms with Crippen LogP contribution in [-0.2, 0) is 19.1 Å². The first-order valence-corrected chi connectivity index (χ1v) is 9.26. The second kappa shape index (κ2) is 11.0. The highest BCUT2D eigenvalue weighted by Gasteiger charge is 2.71. The number of aliphatic hydroxyl groups is 5. The summed E-state index contributed by atoms with van der Waals surface area (Å²) in [6.45, 7) is -1.98. The van der Waals surface area contributed by atoms with Crippen LogP contribution in [0.5, 0.6) is 0 Å². The van der Waals surface area contributed by atoms with Crippen molar-refractivity contribution in [3.8, 4) is 0 Å². The Kier molecular flexibility index (Phi) is 9.62. The summed E-state index contributed by atoms with van der Waals surface area (Å²) in [6.07, 6.45) is -8.41. The van der Waals surface area contributed by atoms with Gasteiger partial charge in [-0.05, 0) is 19.3 Å². The van der Waals surface area contributed by atoms with Gasteiger partial charge in [0, 0.05) is 6.54 Å². The molecule has 1 aliphatic rings. The minimum absolute atomic E-state index is 0.0659. The van der Waals surface area contributed by atoms with Gasteiger partial charge in [0.25, 0.3) is 11.7 Å². The Morgan fingerprint density at radius 2 is 1.81 bits per heavy atom. The average molecular weight is 459 g/mol. The van der Waals surface area contributed by atoms with Crippen LogP contribution in [0.3, 0.4) is 0 Å². The van der Waals surface area contributed by atoms with Gasteiger partial charge in [0.2, 0.25) is 5.91 Å². The molecular formula is C16H27F2N3O10. The number of aliphatic hydroxyl groups excluding tert-OH is 4. The fourth-order valence-corrected chi connectivity index (χ4v) is 2.82. The summed E-state index contributed by atoms with van der Waals surface area (Å²) in [5.41, 5.74) is 5.54. The predicted molar refractivity (Wildman–Crippen MR) is 95.4 cm³/mol. The van der Waals surface area contributed by atoms with Crippen molar-refractivity contribution >= 4 is 17.8 Å². The van der Waals surface area contributed by atoms with Gasteiger partial charge < -0.3 is 51.7 Å². The molecule has 6 atom stereocenters. The van der Waals surface area contributed by atoms with Crippen LogP contribution in [0.2, 0.25) is 0 Å². The van der Waals surface area contributed by atoms with Gasteiger partial charge in [0.1, 0.15) is 31.0 Å². The number of nitrogens with one attached hydrogen (secondary N) is 2. The van der Waals surface area contributed by atoms with E-state index in [9.17, 15) is 43.6 Å². The molecule has 1 aliphatic heterocycles. The standard InChI is InChI=1S/C16H27F2N3O10/c17-15(18,16(30)12(27)10(26)11(31-16)8(23)6-22)14(29)20-4-2-1-3-7(19)13(28)21-5-9(24)25/h7-8,10-12,22-23,26-27,30H,1-6,19H2,(H,20,29)(H,21,28)(H,24,25)/t7-,8-,10?,11-,12?,16+/m0/s1. The maximum atomic E-state index is 14.4. The van der Waals surface area contributed by atoms with Crippen molar-refractivity contribution in [3.63, 3.8) is 0 Å². The fraction of sp³-hybridized carbons (Fsp3) is 0.812. The van der Waals surface area contributed by atoms with E-state index in [1.807, 2.05) is 5.32 Å². The number of halogens is 2. The van der Waals surface area contributed by atoms with Gasteiger partial charge >= 0.3 is 11.9 Å². The largest absolute Gasteiger partial charge is 0.480 e. The van der Waals surface area contributed by atoms with E-state index in [1.54, 1.807) is 0 Å². The summed E-state index contributed by atoms with van der Waals surface area (Å²) in [5, 5.41) is 60.1. The van der Waals surface area contributed by atoms with Crippen LogP contribution < -0.4 is 16.4 Å². The van der Waals surface area contributed by atoms with E-state index in [-0.39, 0.29) is 25.8 Å². The second-order valence-corrected chi connectivity index (χ2v) is 7.01. The van der Waals surface area contributed by atoms with Crippen molar-refractivity contribution in [2.75, 3.05) is 19.7 Å². The number of carbonyl (C=O) groups is 3. The zero-order chi connectivity index (χ0) is 24.0. The molecule has 1 heterocycles. The van der Waals surface area contributed by atoms with Gasteiger partial charge in [-0.1, -0.05) is 0 Å². The summed E-state index contributed by atoms with van der Waals surface area (Å²) in [5.74, 6) is -12.6. The summed E-state index contributed by atoms with van der Waals surface area (Å²) >= 11 is 0. The molecule has 13 nitrogen and oxygen atoms in total.